The summed E-state index contributed by atoms with van der Waals surface area (Å²) in [6.07, 6.45) is -3.76. The van der Waals surface area contributed by atoms with Gasteiger partial charge in [-0.15, -0.1) is 0 Å². The maximum Gasteiger partial charge on any atom is 0.418 e. The van der Waals surface area contributed by atoms with E-state index in [0.29, 0.717) is 22.3 Å². The lowest BCUT2D eigenvalue weighted by Crippen LogP contribution is -2.36. The van der Waals surface area contributed by atoms with E-state index >= 15 is 0 Å². The third kappa shape index (κ3) is 5.55. The van der Waals surface area contributed by atoms with Gasteiger partial charge in [-0.2, -0.15) is 13.2 Å². The normalized spacial score (nSPS) is 15.2. The predicted molar refractivity (Wildman–Crippen MR) is 113 cm³/mol. The molecule has 0 bridgehead atoms. The number of para-hydroxylation sites is 1. The summed E-state index contributed by atoms with van der Waals surface area (Å²) in [5.41, 5.74) is -0.0841. The Morgan fingerprint density at radius 2 is 1.69 bits per heavy atom. The van der Waals surface area contributed by atoms with Crippen LogP contribution in [0.4, 0.5) is 29.3 Å². The molecule has 1 heterocycles. The number of hydrogen-bond acceptors (Lipinski definition) is 5. The van der Waals surface area contributed by atoms with Crippen molar-refractivity contribution in [1.29, 1.82) is 0 Å². The number of hydrogen-bond donors (Lipinski definition) is 2. The van der Waals surface area contributed by atoms with E-state index in [-0.39, 0.29) is 4.91 Å². The number of aryl methyl sites for hydroxylation is 1. The van der Waals surface area contributed by atoms with Crippen molar-refractivity contribution >= 4 is 46.1 Å². The molecule has 1 aliphatic heterocycles. The van der Waals surface area contributed by atoms with E-state index in [4.69, 9.17) is 0 Å². The SMILES string of the molecule is Cc1ccc(NC(=O)C=C2SC(=O)N(CC(=O)Nc3ccccc3C(F)(F)F)C2=O)cc1. The largest absolute Gasteiger partial charge is 0.418 e. The minimum atomic E-state index is -4.69. The van der Waals surface area contributed by atoms with Crippen molar-refractivity contribution in [2.45, 2.75) is 13.1 Å². The second-order valence-corrected chi connectivity index (χ2v) is 7.71. The number of rotatable bonds is 5. The standard InChI is InChI=1S/C21H16F3N3O4S/c1-12-6-8-13(9-7-12)25-17(28)10-16-19(30)27(20(31)32-16)11-18(29)26-15-5-3-2-4-14(15)21(22,23)24/h2-10H,11H2,1H3,(H,25,28)(H,26,29). The molecule has 166 valence electrons. The van der Waals surface area contributed by atoms with Crippen LogP contribution >= 0.6 is 11.8 Å². The number of amides is 4. The molecule has 0 aromatic heterocycles. The molecule has 1 saturated heterocycles. The van der Waals surface area contributed by atoms with Gasteiger partial charge in [0, 0.05) is 11.8 Å². The van der Waals surface area contributed by atoms with Gasteiger partial charge in [-0.3, -0.25) is 24.1 Å². The molecular weight excluding hydrogens is 447 g/mol. The summed E-state index contributed by atoms with van der Waals surface area (Å²) in [6, 6.07) is 11.2. The summed E-state index contributed by atoms with van der Waals surface area (Å²) >= 11 is 0.457. The Morgan fingerprint density at radius 1 is 1.03 bits per heavy atom. The maximum absolute atomic E-state index is 13.1. The fraction of sp³-hybridized carbons (Fsp3) is 0.143. The van der Waals surface area contributed by atoms with Crippen molar-refractivity contribution < 1.29 is 32.3 Å². The number of halogens is 3. The highest BCUT2D eigenvalue weighted by Gasteiger charge is 2.38. The Kier molecular flexibility index (Phi) is 6.68. The molecule has 7 nitrogen and oxygen atoms in total. The number of benzene rings is 2. The van der Waals surface area contributed by atoms with Gasteiger partial charge in [0.1, 0.15) is 6.54 Å². The highest BCUT2D eigenvalue weighted by atomic mass is 32.2. The summed E-state index contributed by atoms with van der Waals surface area (Å²) in [5.74, 6) is -2.53. The number of thioether (sulfide) groups is 1. The molecule has 2 aromatic rings. The topological polar surface area (TPSA) is 95.6 Å². The van der Waals surface area contributed by atoms with Crippen LogP contribution in [0, 0.1) is 6.92 Å². The molecule has 0 unspecified atom stereocenters. The monoisotopic (exact) mass is 463 g/mol. The van der Waals surface area contributed by atoms with Gasteiger partial charge < -0.3 is 10.6 Å². The van der Waals surface area contributed by atoms with Gasteiger partial charge in [0.15, 0.2) is 0 Å². The minimum absolute atomic E-state index is 0.205. The Labute approximate surface area is 184 Å². The van der Waals surface area contributed by atoms with Gasteiger partial charge >= 0.3 is 6.18 Å². The van der Waals surface area contributed by atoms with Gasteiger partial charge in [-0.25, -0.2) is 0 Å². The van der Waals surface area contributed by atoms with E-state index in [0.717, 1.165) is 23.8 Å². The Hall–Kier alpha value is -3.60. The van der Waals surface area contributed by atoms with Crippen LogP contribution in [-0.2, 0) is 20.6 Å². The van der Waals surface area contributed by atoms with Gasteiger partial charge in [-0.05, 0) is 43.0 Å². The van der Waals surface area contributed by atoms with E-state index in [1.165, 1.54) is 12.1 Å². The van der Waals surface area contributed by atoms with Crippen molar-refractivity contribution in [2.24, 2.45) is 0 Å². The molecule has 4 amide bonds. The molecular formula is C21H16F3N3O4S. The molecule has 0 spiro atoms. The van der Waals surface area contributed by atoms with Crippen LogP contribution in [0.2, 0.25) is 0 Å². The molecule has 1 fully saturated rings. The van der Waals surface area contributed by atoms with Gasteiger partial charge in [-0.1, -0.05) is 29.8 Å². The Bertz CT molecular complexity index is 1110. The molecule has 0 radical (unpaired) electrons. The quantitative estimate of drug-likeness (QED) is 0.649. The molecule has 3 rings (SSSR count). The number of anilines is 2. The number of alkyl halides is 3. The first kappa shape index (κ1) is 23.1. The molecule has 2 N–H and O–H groups in total. The first-order valence-electron chi connectivity index (χ1n) is 9.13. The summed E-state index contributed by atoms with van der Waals surface area (Å²) in [7, 11) is 0. The van der Waals surface area contributed by atoms with Crippen LogP contribution in [0.5, 0.6) is 0 Å². The lowest BCUT2D eigenvalue weighted by Gasteiger charge is -2.15. The molecule has 1 aliphatic rings. The number of nitrogens with one attached hydrogen (secondary N) is 2. The van der Waals surface area contributed by atoms with Crippen LogP contribution in [0.25, 0.3) is 0 Å². The highest BCUT2D eigenvalue weighted by Crippen LogP contribution is 2.35. The van der Waals surface area contributed by atoms with Gasteiger partial charge in [0.2, 0.25) is 11.8 Å². The Morgan fingerprint density at radius 3 is 2.34 bits per heavy atom. The number of carbonyl (C=O) groups is 4. The van der Waals surface area contributed by atoms with Crippen molar-refractivity contribution in [1.82, 2.24) is 4.90 Å². The van der Waals surface area contributed by atoms with Gasteiger partial charge in [0.05, 0.1) is 16.2 Å². The lowest BCUT2D eigenvalue weighted by atomic mass is 10.1. The summed E-state index contributed by atoms with van der Waals surface area (Å²) in [5, 5.41) is 3.79. The zero-order valence-corrected chi connectivity index (χ0v) is 17.3. The third-order valence-corrected chi connectivity index (χ3v) is 5.17. The van der Waals surface area contributed by atoms with Crippen LogP contribution in [0.15, 0.2) is 59.5 Å². The van der Waals surface area contributed by atoms with Crippen molar-refractivity contribution in [3.63, 3.8) is 0 Å². The summed E-state index contributed by atoms with van der Waals surface area (Å²) in [4.78, 5) is 49.3. The summed E-state index contributed by atoms with van der Waals surface area (Å²) in [6.45, 7) is 1.08. The average Bonchev–Trinajstić information content (AvgIpc) is 2.96. The molecule has 32 heavy (non-hydrogen) atoms. The smallest absolute Gasteiger partial charge is 0.324 e. The van der Waals surface area contributed by atoms with E-state index in [9.17, 15) is 32.3 Å². The van der Waals surface area contributed by atoms with Crippen molar-refractivity contribution in [2.75, 3.05) is 17.2 Å². The molecule has 11 heteroatoms. The van der Waals surface area contributed by atoms with Crippen LogP contribution in [-0.4, -0.2) is 34.4 Å². The minimum Gasteiger partial charge on any atom is -0.324 e. The van der Waals surface area contributed by atoms with E-state index in [1.54, 1.807) is 24.3 Å². The number of imide groups is 1. The first-order chi connectivity index (χ1) is 15.0. The van der Waals surface area contributed by atoms with Gasteiger partial charge in [0.25, 0.3) is 11.1 Å². The summed E-state index contributed by atoms with van der Waals surface area (Å²) < 4.78 is 39.2. The molecule has 2 aromatic carbocycles. The number of carbonyl (C=O) groups excluding carboxylic acids is 4. The fourth-order valence-corrected chi connectivity index (χ4v) is 3.55. The molecule has 0 aliphatic carbocycles. The lowest BCUT2D eigenvalue weighted by molar-refractivity contribution is -0.137. The van der Waals surface area contributed by atoms with Crippen molar-refractivity contribution in [3.05, 3.63) is 70.6 Å². The third-order valence-electron chi connectivity index (χ3n) is 4.26. The zero-order chi connectivity index (χ0) is 23.5. The average molecular weight is 463 g/mol. The first-order valence-corrected chi connectivity index (χ1v) is 9.95. The van der Waals surface area contributed by atoms with Crippen LogP contribution in [0.3, 0.4) is 0 Å². The zero-order valence-electron chi connectivity index (χ0n) is 16.5. The van der Waals surface area contributed by atoms with Crippen molar-refractivity contribution in [3.8, 4) is 0 Å². The highest BCUT2D eigenvalue weighted by molar-refractivity contribution is 8.18. The maximum atomic E-state index is 13.1. The van der Waals surface area contributed by atoms with E-state index < -0.39 is 46.9 Å². The van der Waals surface area contributed by atoms with E-state index in [2.05, 4.69) is 10.6 Å². The van der Waals surface area contributed by atoms with E-state index in [1.807, 2.05) is 6.92 Å². The van der Waals surface area contributed by atoms with Crippen LogP contribution < -0.4 is 10.6 Å². The molecule has 0 saturated carbocycles. The second-order valence-electron chi connectivity index (χ2n) is 6.71. The second kappa shape index (κ2) is 9.27. The predicted octanol–water partition coefficient (Wildman–Crippen LogP) is 4.17. The Balaban J connectivity index is 1.66. The fourth-order valence-electron chi connectivity index (χ4n) is 2.74. The number of nitrogens with zero attached hydrogens (tertiary/aromatic N) is 1. The van der Waals surface area contributed by atoms with Crippen LogP contribution in [0.1, 0.15) is 11.1 Å². The molecule has 0 atom stereocenters.